The number of nitrogens with two attached hydrogens (primary N) is 1. The van der Waals surface area contributed by atoms with E-state index in [9.17, 15) is 9.59 Å². The topological polar surface area (TPSA) is 80.4 Å². The molecule has 88 valence electrons. The highest BCUT2D eigenvalue weighted by Crippen LogP contribution is 2.32. The third-order valence-electron chi connectivity index (χ3n) is 3.14. The van der Waals surface area contributed by atoms with Crippen LogP contribution in [0.15, 0.2) is 0 Å². The minimum atomic E-state index is -0.730. The quantitative estimate of drug-likeness (QED) is 0.607. The van der Waals surface area contributed by atoms with E-state index in [0.717, 1.165) is 6.42 Å². The smallest absolute Gasteiger partial charge is 0.309 e. The molecule has 0 unspecified atom stereocenters. The van der Waals surface area contributed by atoms with Gasteiger partial charge in [0.1, 0.15) is 0 Å². The van der Waals surface area contributed by atoms with E-state index in [2.05, 4.69) is 0 Å². The standard InChI is InChI=1S/C11H21NO3/c1-3-11(4-2,10(14)15)8-6-5-7-9(12)13/h3-8H2,1-2H3,(H2,12,13)(H,14,15). The van der Waals surface area contributed by atoms with Gasteiger partial charge in [-0.25, -0.2) is 0 Å². The lowest BCUT2D eigenvalue weighted by Crippen LogP contribution is -2.29. The van der Waals surface area contributed by atoms with Crippen molar-refractivity contribution in [1.29, 1.82) is 0 Å². The number of carbonyl (C=O) groups excluding carboxylic acids is 1. The van der Waals surface area contributed by atoms with Crippen molar-refractivity contribution in [2.75, 3.05) is 0 Å². The van der Waals surface area contributed by atoms with Crippen LogP contribution in [0, 0.1) is 5.41 Å². The second kappa shape index (κ2) is 6.43. The summed E-state index contributed by atoms with van der Waals surface area (Å²) in [6.07, 6.45) is 3.68. The molecule has 0 aromatic carbocycles. The van der Waals surface area contributed by atoms with Crippen LogP contribution in [0.4, 0.5) is 0 Å². The van der Waals surface area contributed by atoms with Crippen LogP contribution in [0.2, 0.25) is 0 Å². The number of rotatable bonds is 8. The molecule has 0 saturated heterocycles. The van der Waals surface area contributed by atoms with E-state index < -0.39 is 11.4 Å². The van der Waals surface area contributed by atoms with Gasteiger partial charge in [-0.2, -0.15) is 0 Å². The Morgan fingerprint density at radius 3 is 2.07 bits per heavy atom. The zero-order valence-electron chi connectivity index (χ0n) is 9.58. The minimum Gasteiger partial charge on any atom is -0.481 e. The third-order valence-corrected chi connectivity index (χ3v) is 3.14. The van der Waals surface area contributed by atoms with Crippen molar-refractivity contribution in [2.24, 2.45) is 11.1 Å². The summed E-state index contributed by atoms with van der Waals surface area (Å²) in [4.78, 5) is 21.6. The Morgan fingerprint density at radius 1 is 1.20 bits per heavy atom. The van der Waals surface area contributed by atoms with E-state index in [0.29, 0.717) is 32.1 Å². The SMILES string of the molecule is CCC(CC)(CCCCC(N)=O)C(=O)O. The molecule has 0 spiro atoms. The van der Waals surface area contributed by atoms with Crippen LogP contribution >= 0.6 is 0 Å². The number of unbranched alkanes of at least 4 members (excludes halogenated alkanes) is 1. The fourth-order valence-corrected chi connectivity index (χ4v) is 1.78. The molecule has 0 radical (unpaired) electrons. The van der Waals surface area contributed by atoms with E-state index in [1.165, 1.54) is 0 Å². The van der Waals surface area contributed by atoms with Crippen LogP contribution in [0.25, 0.3) is 0 Å². The molecule has 0 rings (SSSR count). The second-order valence-electron chi connectivity index (χ2n) is 3.97. The first-order chi connectivity index (χ1) is 6.98. The van der Waals surface area contributed by atoms with Gasteiger partial charge in [0.15, 0.2) is 0 Å². The van der Waals surface area contributed by atoms with Gasteiger partial charge in [-0.3, -0.25) is 9.59 Å². The number of amides is 1. The van der Waals surface area contributed by atoms with Crippen LogP contribution in [-0.2, 0) is 9.59 Å². The first-order valence-corrected chi connectivity index (χ1v) is 5.50. The minimum absolute atomic E-state index is 0.316. The maximum atomic E-state index is 11.1. The Kier molecular flexibility index (Phi) is 5.97. The molecule has 0 atom stereocenters. The van der Waals surface area contributed by atoms with E-state index in [4.69, 9.17) is 10.8 Å². The number of primary amides is 1. The van der Waals surface area contributed by atoms with Crippen molar-refractivity contribution in [2.45, 2.75) is 52.4 Å². The fraction of sp³-hybridized carbons (Fsp3) is 0.818. The summed E-state index contributed by atoms with van der Waals surface area (Å²) in [5.74, 6) is -1.05. The number of hydrogen-bond donors (Lipinski definition) is 2. The molecule has 15 heavy (non-hydrogen) atoms. The van der Waals surface area contributed by atoms with E-state index >= 15 is 0 Å². The van der Waals surface area contributed by atoms with Gasteiger partial charge in [0.2, 0.25) is 5.91 Å². The van der Waals surface area contributed by atoms with E-state index in [1.54, 1.807) is 0 Å². The predicted molar refractivity (Wildman–Crippen MR) is 58.3 cm³/mol. The molecule has 0 heterocycles. The summed E-state index contributed by atoms with van der Waals surface area (Å²) in [7, 11) is 0. The Bertz CT molecular complexity index is 222. The first kappa shape index (κ1) is 13.9. The molecule has 0 aliphatic heterocycles. The van der Waals surface area contributed by atoms with E-state index in [1.807, 2.05) is 13.8 Å². The highest BCUT2D eigenvalue weighted by atomic mass is 16.4. The summed E-state index contributed by atoms with van der Waals surface area (Å²) < 4.78 is 0. The second-order valence-corrected chi connectivity index (χ2v) is 3.97. The largest absolute Gasteiger partial charge is 0.481 e. The van der Waals surface area contributed by atoms with Gasteiger partial charge in [-0.05, 0) is 25.7 Å². The summed E-state index contributed by atoms with van der Waals surface area (Å²) in [5.41, 5.74) is 4.40. The van der Waals surface area contributed by atoms with Crippen molar-refractivity contribution < 1.29 is 14.7 Å². The zero-order valence-corrected chi connectivity index (χ0v) is 9.58. The van der Waals surface area contributed by atoms with Gasteiger partial charge in [0.05, 0.1) is 5.41 Å². The third kappa shape index (κ3) is 4.32. The lowest BCUT2D eigenvalue weighted by molar-refractivity contribution is -0.150. The van der Waals surface area contributed by atoms with E-state index in [-0.39, 0.29) is 5.91 Å². The Morgan fingerprint density at radius 2 is 1.73 bits per heavy atom. The van der Waals surface area contributed by atoms with Crippen LogP contribution in [-0.4, -0.2) is 17.0 Å². The van der Waals surface area contributed by atoms with Crippen molar-refractivity contribution >= 4 is 11.9 Å². The maximum absolute atomic E-state index is 11.1. The molecule has 0 bridgehead atoms. The average Bonchev–Trinajstić information content (AvgIpc) is 2.18. The number of aliphatic carboxylic acids is 1. The molecule has 0 aliphatic carbocycles. The lowest BCUT2D eigenvalue weighted by Gasteiger charge is -2.26. The van der Waals surface area contributed by atoms with Crippen LogP contribution in [0.3, 0.4) is 0 Å². The number of hydrogen-bond acceptors (Lipinski definition) is 2. The summed E-state index contributed by atoms with van der Waals surface area (Å²) in [5, 5.41) is 9.14. The fourth-order valence-electron chi connectivity index (χ4n) is 1.78. The average molecular weight is 215 g/mol. The number of carbonyl (C=O) groups is 2. The highest BCUT2D eigenvalue weighted by Gasteiger charge is 2.33. The Labute approximate surface area is 90.8 Å². The van der Waals surface area contributed by atoms with Crippen molar-refractivity contribution in [3.63, 3.8) is 0 Å². The van der Waals surface area contributed by atoms with Crippen molar-refractivity contribution in [1.82, 2.24) is 0 Å². The van der Waals surface area contributed by atoms with Gasteiger partial charge < -0.3 is 10.8 Å². The maximum Gasteiger partial charge on any atom is 0.309 e. The number of carboxylic acid groups (broad SMARTS) is 1. The molecular formula is C11H21NO3. The highest BCUT2D eigenvalue weighted by molar-refractivity contribution is 5.74. The lowest BCUT2D eigenvalue weighted by atomic mass is 9.78. The molecule has 3 N–H and O–H groups in total. The summed E-state index contributed by atoms with van der Waals surface area (Å²) in [6.45, 7) is 3.79. The molecule has 4 nitrogen and oxygen atoms in total. The van der Waals surface area contributed by atoms with Crippen LogP contribution in [0.1, 0.15) is 52.4 Å². The number of carboxylic acids is 1. The normalized spacial score (nSPS) is 11.3. The molecule has 1 amide bonds. The van der Waals surface area contributed by atoms with Gasteiger partial charge >= 0.3 is 5.97 Å². The molecule has 0 fully saturated rings. The van der Waals surface area contributed by atoms with Crippen LogP contribution in [0.5, 0.6) is 0 Å². The molecule has 4 heteroatoms. The monoisotopic (exact) mass is 215 g/mol. The van der Waals surface area contributed by atoms with Crippen molar-refractivity contribution in [3.8, 4) is 0 Å². The van der Waals surface area contributed by atoms with Gasteiger partial charge in [-0.15, -0.1) is 0 Å². The summed E-state index contributed by atoms with van der Waals surface area (Å²) >= 11 is 0. The molecule has 0 aliphatic rings. The molecular weight excluding hydrogens is 194 g/mol. The summed E-state index contributed by atoms with van der Waals surface area (Å²) in [6, 6.07) is 0. The molecule has 0 saturated carbocycles. The molecule has 0 aromatic rings. The van der Waals surface area contributed by atoms with Crippen LogP contribution < -0.4 is 5.73 Å². The zero-order chi connectivity index (χ0) is 11.9. The predicted octanol–water partition coefficient (Wildman–Crippen LogP) is 1.92. The van der Waals surface area contributed by atoms with Gasteiger partial charge in [0.25, 0.3) is 0 Å². The van der Waals surface area contributed by atoms with Gasteiger partial charge in [0, 0.05) is 6.42 Å². The first-order valence-electron chi connectivity index (χ1n) is 5.50. The molecule has 0 aromatic heterocycles. The Hall–Kier alpha value is -1.06. The van der Waals surface area contributed by atoms with Gasteiger partial charge in [-0.1, -0.05) is 20.3 Å². The Balaban J connectivity index is 4.07. The van der Waals surface area contributed by atoms with Crippen molar-refractivity contribution in [3.05, 3.63) is 0 Å².